The lowest BCUT2D eigenvalue weighted by atomic mass is 10.1. The van der Waals surface area contributed by atoms with Gasteiger partial charge in [-0.15, -0.1) is 0 Å². The molecule has 0 aliphatic rings. The zero-order valence-corrected chi connectivity index (χ0v) is 14.0. The van der Waals surface area contributed by atoms with E-state index in [0.29, 0.717) is 0 Å². The summed E-state index contributed by atoms with van der Waals surface area (Å²) in [4.78, 5) is 0. The number of methoxy groups -OCH3 is 2. The summed E-state index contributed by atoms with van der Waals surface area (Å²) in [6, 6.07) is 10.00. The molecule has 0 atom stereocenters. The molecule has 1 aromatic carbocycles. The topological polar surface area (TPSA) is 22.3 Å². The van der Waals surface area contributed by atoms with Crippen molar-refractivity contribution >= 4 is 12.2 Å². The number of nitrogens with zero attached hydrogens (tertiary/aromatic N) is 1. The Labute approximate surface area is 136 Å². The van der Waals surface area contributed by atoms with Crippen molar-refractivity contribution in [3.63, 3.8) is 0 Å². The Kier molecular flexibility index (Phi) is 6.51. The smallest absolute Gasteiger partial charge is 0.169 e. The molecule has 0 unspecified atom stereocenters. The third kappa shape index (κ3) is 4.23. The highest BCUT2D eigenvalue weighted by Gasteiger charge is 2.02. The van der Waals surface area contributed by atoms with Crippen LogP contribution < -0.4 is 38.0 Å². The van der Waals surface area contributed by atoms with Crippen molar-refractivity contribution in [3.8, 4) is 11.5 Å². The lowest BCUT2D eigenvalue weighted by molar-refractivity contribution is -0.671. The lowest BCUT2D eigenvalue weighted by Crippen LogP contribution is -3.00. The number of ether oxygens (including phenoxy) is 2. The highest BCUT2D eigenvalue weighted by atomic mass is 127. The predicted molar refractivity (Wildman–Crippen MR) is 76.1 cm³/mol. The molecule has 0 amide bonds. The Morgan fingerprint density at radius 2 is 1.45 bits per heavy atom. The minimum Gasteiger partial charge on any atom is -1.00 e. The van der Waals surface area contributed by atoms with Crippen LogP contribution in [-0.2, 0) is 7.05 Å². The number of aryl methyl sites for hydroxylation is 1. The molecule has 1 heterocycles. The van der Waals surface area contributed by atoms with Crippen LogP contribution >= 0.6 is 0 Å². The first kappa shape index (κ1) is 16.5. The van der Waals surface area contributed by atoms with Gasteiger partial charge >= 0.3 is 0 Å². The Morgan fingerprint density at radius 1 is 0.850 bits per heavy atom. The van der Waals surface area contributed by atoms with Gasteiger partial charge in [-0.1, -0.05) is 18.2 Å². The van der Waals surface area contributed by atoms with E-state index in [1.54, 1.807) is 14.2 Å². The molecule has 0 spiro atoms. The molecule has 0 aliphatic heterocycles. The third-order valence-electron chi connectivity index (χ3n) is 2.88. The van der Waals surface area contributed by atoms with Crippen molar-refractivity contribution in [2.45, 2.75) is 0 Å². The summed E-state index contributed by atoms with van der Waals surface area (Å²) in [6.45, 7) is 0. The minimum atomic E-state index is 0. The van der Waals surface area contributed by atoms with E-state index in [4.69, 9.17) is 9.47 Å². The first-order valence-corrected chi connectivity index (χ1v) is 6.08. The summed E-state index contributed by atoms with van der Waals surface area (Å²) in [6.07, 6.45) is 8.17. The zero-order chi connectivity index (χ0) is 13.7. The van der Waals surface area contributed by atoms with Gasteiger partial charge in [-0.3, -0.25) is 0 Å². The van der Waals surface area contributed by atoms with Crippen molar-refractivity contribution in [1.82, 2.24) is 0 Å². The molecule has 0 bridgehead atoms. The quantitative estimate of drug-likeness (QED) is 0.535. The first-order valence-electron chi connectivity index (χ1n) is 6.08. The number of pyridine rings is 1. The number of benzene rings is 1. The molecule has 0 aliphatic carbocycles. The number of hydrogen-bond acceptors (Lipinski definition) is 2. The average molecular weight is 383 g/mol. The second-order valence-electron chi connectivity index (χ2n) is 4.24. The third-order valence-corrected chi connectivity index (χ3v) is 2.88. The van der Waals surface area contributed by atoms with Crippen LogP contribution in [0.25, 0.3) is 12.2 Å². The van der Waals surface area contributed by atoms with E-state index in [9.17, 15) is 0 Å². The molecule has 0 saturated heterocycles. The van der Waals surface area contributed by atoms with Crippen LogP contribution in [0.1, 0.15) is 11.1 Å². The fraction of sp³-hybridized carbons (Fsp3) is 0.188. The predicted octanol–water partition coefficient (Wildman–Crippen LogP) is -0.297. The number of halogens is 1. The van der Waals surface area contributed by atoms with Crippen LogP contribution in [0.2, 0.25) is 0 Å². The Morgan fingerprint density at radius 3 is 2.05 bits per heavy atom. The van der Waals surface area contributed by atoms with Gasteiger partial charge in [0.15, 0.2) is 23.9 Å². The highest BCUT2D eigenvalue weighted by Crippen LogP contribution is 2.28. The van der Waals surface area contributed by atoms with Gasteiger partial charge in [0.1, 0.15) is 7.05 Å². The van der Waals surface area contributed by atoms with Crippen molar-refractivity contribution < 1.29 is 38.0 Å². The van der Waals surface area contributed by atoms with Gasteiger partial charge < -0.3 is 33.5 Å². The van der Waals surface area contributed by atoms with E-state index in [2.05, 4.69) is 24.3 Å². The molecule has 0 radical (unpaired) electrons. The van der Waals surface area contributed by atoms with E-state index in [-0.39, 0.29) is 24.0 Å². The molecule has 0 saturated carbocycles. The zero-order valence-electron chi connectivity index (χ0n) is 11.8. The maximum atomic E-state index is 5.28. The van der Waals surface area contributed by atoms with E-state index in [1.807, 2.05) is 42.2 Å². The van der Waals surface area contributed by atoms with Gasteiger partial charge in [-0.25, -0.2) is 4.57 Å². The molecule has 20 heavy (non-hydrogen) atoms. The molecular weight excluding hydrogens is 365 g/mol. The van der Waals surface area contributed by atoms with E-state index >= 15 is 0 Å². The monoisotopic (exact) mass is 383 g/mol. The highest BCUT2D eigenvalue weighted by molar-refractivity contribution is 5.70. The molecule has 1 aromatic heterocycles. The number of rotatable bonds is 4. The lowest BCUT2D eigenvalue weighted by Gasteiger charge is -2.07. The van der Waals surface area contributed by atoms with Crippen molar-refractivity contribution in [1.29, 1.82) is 0 Å². The summed E-state index contributed by atoms with van der Waals surface area (Å²) in [7, 11) is 5.28. The van der Waals surface area contributed by atoms with Crippen LogP contribution in [0.5, 0.6) is 11.5 Å². The molecule has 2 rings (SSSR count). The summed E-state index contributed by atoms with van der Waals surface area (Å²) < 4.78 is 12.5. The molecule has 3 nitrogen and oxygen atoms in total. The summed E-state index contributed by atoms with van der Waals surface area (Å²) in [5.74, 6) is 1.48. The molecule has 0 fully saturated rings. The Hall–Kier alpha value is -1.56. The maximum absolute atomic E-state index is 5.28. The molecule has 2 aromatic rings. The number of hydrogen-bond donors (Lipinski definition) is 0. The van der Waals surface area contributed by atoms with Crippen LogP contribution in [0.15, 0.2) is 42.7 Å². The van der Waals surface area contributed by atoms with E-state index in [1.165, 1.54) is 0 Å². The fourth-order valence-electron chi connectivity index (χ4n) is 1.77. The summed E-state index contributed by atoms with van der Waals surface area (Å²) in [5, 5.41) is 0. The SMILES string of the molecule is COc1ccc(/C=C/c2cc[n+](C)cc2)cc1OC.[I-]. The standard InChI is InChI=1S/C16H18NO2.HI/c1-17-10-8-13(9-11-17)4-5-14-6-7-15(18-2)16(12-14)19-3;/h4-12H,1-3H3;1H/q+1;/p-1/b5-4+;. The summed E-state index contributed by atoms with van der Waals surface area (Å²) >= 11 is 0. The molecule has 106 valence electrons. The maximum Gasteiger partial charge on any atom is 0.169 e. The van der Waals surface area contributed by atoms with Gasteiger partial charge in [0.2, 0.25) is 0 Å². The van der Waals surface area contributed by atoms with Crippen LogP contribution in [0.3, 0.4) is 0 Å². The van der Waals surface area contributed by atoms with Crippen molar-refractivity contribution in [3.05, 3.63) is 53.9 Å². The van der Waals surface area contributed by atoms with Crippen LogP contribution in [0, 0.1) is 0 Å². The fourth-order valence-corrected chi connectivity index (χ4v) is 1.77. The second-order valence-corrected chi connectivity index (χ2v) is 4.24. The summed E-state index contributed by atoms with van der Waals surface area (Å²) in [5.41, 5.74) is 2.23. The first-order chi connectivity index (χ1) is 9.22. The van der Waals surface area contributed by atoms with Gasteiger partial charge in [0.05, 0.1) is 14.2 Å². The van der Waals surface area contributed by atoms with Crippen LogP contribution in [-0.4, -0.2) is 14.2 Å². The van der Waals surface area contributed by atoms with E-state index < -0.39 is 0 Å². The van der Waals surface area contributed by atoms with Gasteiger partial charge in [-0.2, -0.15) is 0 Å². The molecule has 0 N–H and O–H groups in total. The minimum absolute atomic E-state index is 0. The Bertz CT molecular complexity index is 580. The average Bonchev–Trinajstić information content (AvgIpc) is 2.46. The van der Waals surface area contributed by atoms with Gasteiger partial charge in [0.25, 0.3) is 0 Å². The van der Waals surface area contributed by atoms with Gasteiger partial charge in [0, 0.05) is 12.1 Å². The molecular formula is C16H18INO2. The van der Waals surface area contributed by atoms with Crippen molar-refractivity contribution in [2.75, 3.05) is 14.2 Å². The Balaban J connectivity index is 0.00000200. The second kappa shape index (κ2) is 7.89. The van der Waals surface area contributed by atoms with Gasteiger partial charge in [-0.05, 0) is 23.3 Å². The normalized spacial score (nSPS) is 10.2. The van der Waals surface area contributed by atoms with Crippen LogP contribution in [0.4, 0.5) is 0 Å². The number of aromatic nitrogens is 1. The largest absolute Gasteiger partial charge is 1.00 e. The van der Waals surface area contributed by atoms with Crippen molar-refractivity contribution in [2.24, 2.45) is 7.05 Å². The van der Waals surface area contributed by atoms with E-state index in [0.717, 1.165) is 22.6 Å². The molecule has 4 heteroatoms.